The van der Waals surface area contributed by atoms with Crippen LogP contribution in [-0.4, -0.2) is 23.6 Å². The molecule has 1 unspecified atom stereocenters. The van der Waals surface area contributed by atoms with Gasteiger partial charge in [0.15, 0.2) is 0 Å². The Morgan fingerprint density at radius 3 is 2.70 bits per heavy atom. The van der Waals surface area contributed by atoms with Gasteiger partial charge in [-0.3, -0.25) is 4.79 Å². The van der Waals surface area contributed by atoms with Crippen molar-refractivity contribution in [3.05, 3.63) is 54.4 Å². The minimum absolute atomic E-state index is 0.0125. The average Bonchev–Trinajstić information content (AvgIpc) is 3.26. The van der Waals surface area contributed by atoms with E-state index >= 15 is 0 Å². The van der Waals surface area contributed by atoms with E-state index in [1.165, 1.54) is 12.8 Å². The van der Waals surface area contributed by atoms with Gasteiger partial charge in [-0.2, -0.15) is 0 Å². The summed E-state index contributed by atoms with van der Waals surface area (Å²) in [7, 11) is 1.66. The molecule has 122 valence electrons. The van der Waals surface area contributed by atoms with Crippen LogP contribution in [0.3, 0.4) is 0 Å². The van der Waals surface area contributed by atoms with Gasteiger partial charge in [-0.1, -0.05) is 25.0 Å². The second-order valence-electron chi connectivity index (χ2n) is 6.18. The lowest BCUT2D eigenvalue weighted by Gasteiger charge is -2.21. The summed E-state index contributed by atoms with van der Waals surface area (Å²) >= 11 is 0. The van der Waals surface area contributed by atoms with Gasteiger partial charge in [0.05, 0.1) is 19.6 Å². The summed E-state index contributed by atoms with van der Waals surface area (Å²) in [5.41, 5.74) is 1.09. The SMILES string of the molecule is COc1cccc(C(CC(=O)NC2CCCC2)n2cccc2)c1. The quantitative estimate of drug-likeness (QED) is 0.886. The molecule has 0 aliphatic heterocycles. The number of aromatic nitrogens is 1. The molecule has 4 heteroatoms. The Balaban J connectivity index is 1.77. The molecule has 1 fully saturated rings. The third-order valence-electron chi connectivity index (χ3n) is 4.56. The number of carbonyl (C=O) groups is 1. The highest BCUT2D eigenvalue weighted by Crippen LogP contribution is 2.26. The van der Waals surface area contributed by atoms with Crippen LogP contribution >= 0.6 is 0 Å². The summed E-state index contributed by atoms with van der Waals surface area (Å²) in [4.78, 5) is 12.5. The summed E-state index contributed by atoms with van der Waals surface area (Å²) in [5, 5.41) is 3.19. The van der Waals surface area contributed by atoms with Crippen molar-refractivity contribution in [3.8, 4) is 5.75 Å². The van der Waals surface area contributed by atoms with Crippen LogP contribution in [0.5, 0.6) is 5.75 Å². The van der Waals surface area contributed by atoms with E-state index in [2.05, 4.69) is 16.0 Å². The largest absolute Gasteiger partial charge is 0.497 e. The predicted molar refractivity (Wildman–Crippen MR) is 90.6 cm³/mol. The molecule has 3 rings (SSSR count). The highest BCUT2D eigenvalue weighted by Gasteiger charge is 2.21. The van der Waals surface area contributed by atoms with Gasteiger partial charge >= 0.3 is 0 Å². The maximum atomic E-state index is 12.5. The topological polar surface area (TPSA) is 43.3 Å². The van der Waals surface area contributed by atoms with Crippen LogP contribution in [0.15, 0.2) is 48.8 Å². The van der Waals surface area contributed by atoms with E-state index in [9.17, 15) is 4.79 Å². The van der Waals surface area contributed by atoms with E-state index in [0.29, 0.717) is 12.5 Å². The summed E-state index contributed by atoms with van der Waals surface area (Å²) in [6.07, 6.45) is 9.13. The van der Waals surface area contributed by atoms with Gasteiger partial charge < -0.3 is 14.6 Å². The van der Waals surface area contributed by atoms with Crippen molar-refractivity contribution in [2.45, 2.75) is 44.2 Å². The monoisotopic (exact) mass is 312 g/mol. The standard InChI is InChI=1S/C19H24N2O2/c1-23-17-10-6-7-15(13-17)18(21-11-4-5-12-21)14-19(22)20-16-8-2-3-9-16/h4-7,10-13,16,18H,2-3,8-9,14H2,1H3,(H,20,22). The number of rotatable bonds is 6. The molecule has 0 spiro atoms. The maximum absolute atomic E-state index is 12.5. The van der Waals surface area contributed by atoms with Crippen LogP contribution < -0.4 is 10.1 Å². The molecule has 23 heavy (non-hydrogen) atoms. The predicted octanol–water partition coefficient (Wildman–Crippen LogP) is 3.54. The minimum Gasteiger partial charge on any atom is -0.497 e. The van der Waals surface area contributed by atoms with E-state index in [1.807, 2.05) is 42.7 Å². The van der Waals surface area contributed by atoms with E-state index in [1.54, 1.807) is 7.11 Å². The van der Waals surface area contributed by atoms with Crippen molar-refractivity contribution in [2.24, 2.45) is 0 Å². The molecule has 4 nitrogen and oxygen atoms in total. The molecular weight excluding hydrogens is 288 g/mol. The summed E-state index contributed by atoms with van der Waals surface area (Å²) in [6, 6.07) is 12.3. The van der Waals surface area contributed by atoms with E-state index in [-0.39, 0.29) is 11.9 Å². The van der Waals surface area contributed by atoms with Crippen molar-refractivity contribution in [3.63, 3.8) is 0 Å². The highest BCUT2D eigenvalue weighted by molar-refractivity contribution is 5.77. The zero-order valence-electron chi connectivity index (χ0n) is 13.6. The van der Waals surface area contributed by atoms with Gasteiger partial charge in [0.25, 0.3) is 0 Å². The van der Waals surface area contributed by atoms with E-state index < -0.39 is 0 Å². The van der Waals surface area contributed by atoms with Gasteiger partial charge in [0.1, 0.15) is 5.75 Å². The number of hydrogen-bond acceptors (Lipinski definition) is 2. The van der Waals surface area contributed by atoms with Crippen LogP contribution in [0.1, 0.15) is 43.7 Å². The van der Waals surface area contributed by atoms with Crippen molar-refractivity contribution in [1.29, 1.82) is 0 Å². The molecule has 1 saturated carbocycles. The Bertz CT molecular complexity index is 631. The fraction of sp³-hybridized carbons (Fsp3) is 0.421. The van der Waals surface area contributed by atoms with Gasteiger partial charge in [-0.25, -0.2) is 0 Å². The zero-order valence-corrected chi connectivity index (χ0v) is 13.6. The van der Waals surface area contributed by atoms with Crippen molar-refractivity contribution < 1.29 is 9.53 Å². The van der Waals surface area contributed by atoms with E-state index in [0.717, 1.165) is 24.2 Å². The molecule has 1 aliphatic carbocycles. The fourth-order valence-corrected chi connectivity index (χ4v) is 3.33. The Kier molecular flexibility index (Phi) is 5.01. The molecule has 0 bridgehead atoms. The van der Waals surface area contributed by atoms with Crippen LogP contribution in [0.4, 0.5) is 0 Å². The first-order chi connectivity index (χ1) is 11.3. The second-order valence-corrected chi connectivity index (χ2v) is 6.18. The number of ether oxygens (including phenoxy) is 1. The lowest BCUT2D eigenvalue weighted by Crippen LogP contribution is -2.34. The fourth-order valence-electron chi connectivity index (χ4n) is 3.33. The third kappa shape index (κ3) is 3.95. The number of nitrogens with one attached hydrogen (secondary N) is 1. The Morgan fingerprint density at radius 2 is 2.00 bits per heavy atom. The zero-order chi connectivity index (χ0) is 16.1. The molecule has 0 saturated heterocycles. The van der Waals surface area contributed by atoms with E-state index in [4.69, 9.17) is 4.74 Å². The average molecular weight is 312 g/mol. The van der Waals surface area contributed by atoms with Gasteiger partial charge in [-0.15, -0.1) is 0 Å². The lowest BCUT2D eigenvalue weighted by molar-refractivity contribution is -0.122. The molecule has 1 heterocycles. The molecule has 1 aromatic carbocycles. The number of nitrogens with zero attached hydrogens (tertiary/aromatic N) is 1. The molecule has 1 atom stereocenters. The highest BCUT2D eigenvalue weighted by atomic mass is 16.5. The van der Waals surface area contributed by atoms with Crippen molar-refractivity contribution >= 4 is 5.91 Å². The van der Waals surface area contributed by atoms with Crippen LogP contribution in [0.25, 0.3) is 0 Å². The van der Waals surface area contributed by atoms with Crippen LogP contribution in [0.2, 0.25) is 0 Å². The third-order valence-corrected chi connectivity index (χ3v) is 4.56. The normalized spacial score (nSPS) is 16.2. The second kappa shape index (κ2) is 7.36. The Hall–Kier alpha value is -2.23. The first kappa shape index (κ1) is 15.7. The molecule has 2 aromatic rings. The first-order valence-corrected chi connectivity index (χ1v) is 8.32. The molecule has 1 aliphatic rings. The van der Waals surface area contributed by atoms with Gasteiger partial charge in [-0.05, 0) is 42.7 Å². The van der Waals surface area contributed by atoms with Crippen LogP contribution in [-0.2, 0) is 4.79 Å². The summed E-state index contributed by atoms with van der Waals surface area (Å²) in [6.45, 7) is 0. The molecule has 1 aromatic heterocycles. The molecule has 0 radical (unpaired) electrons. The number of methoxy groups -OCH3 is 1. The molecule has 1 amide bonds. The number of amides is 1. The summed E-state index contributed by atoms with van der Waals surface area (Å²) < 4.78 is 7.41. The van der Waals surface area contributed by atoms with Gasteiger partial charge in [0.2, 0.25) is 5.91 Å². The number of hydrogen-bond donors (Lipinski definition) is 1. The maximum Gasteiger partial charge on any atom is 0.222 e. The smallest absolute Gasteiger partial charge is 0.222 e. The number of carbonyl (C=O) groups excluding carboxylic acids is 1. The Morgan fingerprint density at radius 1 is 1.26 bits per heavy atom. The van der Waals surface area contributed by atoms with Crippen molar-refractivity contribution in [2.75, 3.05) is 7.11 Å². The molecule has 1 N–H and O–H groups in total. The van der Waals surface area contributed by atoms with Crippen LogP contribution in [0, 0.1) is 0 Å². The summed E-state index contributed by atoms with van der Waals surface area (Å²) in [5.74, 6) is 0.939. The Labute approximate surface area is 137 Å². The minimum atomic E-state index is -0.0125. The van der Waals surface area contributed by atoms with Gasteiger partial charge in [0, 0.05) is 18.4 Å². The molecular formula is C19H24N2O2. The lowest BCUT2D eigenvalue weighted by atomic mass is 10.0. The van der Waals surface area contributed by atoms with Crippen molar-refractivity contribution in [1.82, 2.24) is 9.88 Å². The first-order valence-electron chi connectivity index (χ1n) is 8.32. The number of benzene rings is 1.